The summed E-state index contributed by atoms with van der Waals surface area (Å²) < 4.78 is 22.9. The maximum atomic E-state index is 11.5. The molecule has 0 saturated heterocycles. The second kappa shape index (κ2) is 8.05. The van der Waals surface area contributed by atoms with Gasteiger partial charge in [0.2, 0.25) is 0 Å². The third kappa shape index (κ3) is 9.95. The first kappa shape index (κ1) is 11.0. The van der Waals surface area contributed by atoms with Gasteiger partial charge < -0.3 is 0 Å². The van der Waals surface area contributed by atoms with Crippen molar-refractivity contribution < 1.29 is 8.78 Å². The van der Waals surface area contributed by atoms with Crippen LogP contribution in [0.2, 0.25) is 0 Å². The molecule has 0 amide bonds. The van der Waals surface area contributed by atoms with Crippen LogP contribution in [0.4, 0.5) is 8.78 Å². The lowest BCUT2D eigenvalue weighted by Crippen LogP contribution is -1.78. The van der Waals surface area contributed by atoms with Crippen LogP contribution in [0.15, 0.2) is 12.2 Å². The summed E-state index contributed by atoms with van der Waals surface area (Å²) in [5.41, 5.74) is 0. The molecule has 0 aromatic heterocycles. The molecule has 0 rings (SSSR count). The minimum absolute atomic E-state index is 0.509. The van der Waals surface area contributed by atoms with E-state index in [4.69, 9.17) is 0 Å². The van der Waals surface area contributed by atoms with Crippen LogP contribution in [-0.2, 0) is 0 Å². The quantitative estimate of drug-likeness (QED) is 0.468. The SMILES string of the molecule is FC(F)=CCCCCCCS. The fourth-order valence-electron chi connectivity index (χ4n) is 0.821. The van der Waals surface area contributed by atoms with Gasteiger partial charge in [-0.1, -0.05) is 12.8 Å². The van der Waals surface area contributed by atoms with E-state index in [1.54, 1.807) is 0 Å². The highest BCUT2D eigenvalue weighted by atomic mass is 32.1. The van der Waals surface area contributed by atoms with E-state index < -0.39 is 6.08 Å². The van der Waals surface area contributed by atoms with Crippen LogP contribution in [0.1, 0.15) is 32.1 Å². The summed E-state index contributed by atoms with van der Waals surface area (Å²) in [4.78, 5) is 0. The minimum atomic E-state index is -1.56. The standard InChI is InChI=1S/C8H14F2S/c9-8(10)6-4-2-1-3-5-7-11/h6,11H,1-5,7H2. The Balaban J connectivity index is 2.97. The number of thiol groups is 1. The van der Waals surface area contributed by atoms with Gasteiger partial charge in [-0.2, -0.15) is 21.4 Å². The summed E-state index contributed by atoms with van der Waals surface area (Å²) in [7, 11) is 0. The first-order valence-corrected chi connectivity index (χ1v) is 4.52. The molecule has 0 unspecified atom stereocenters. The van der Waals surface area contributed by atoms with Gasteiger partial charge in [-0.15, -0.1) is 0 Å². The van der Waals surface area contributed by atoms with Gasteiger partial charge in [-0.25, -0.2) is 0 Å². The molecule has 0 N–H and O–H groups in total. The lowest BCUT2D eigenvalue weighted by Gasteiger charge is -1.94. The van der Waals surface area contributed by atoms with Crippen LogP contribution in [0.5, 0.6) is 0 Å². The van der Waals surface area contributed by atoms with Gasteiger partial charge in [0.1, 0.15) is 0 Å². The topological polar surface area (TPSA) is 0 Å². The zero-order valence-electron chi connectivity index (χ0n) is 6.52. The van der Waals surface area contributed by atoms with Crippen molar-refractivity contribution in [3.05, 3.63) is 12.2 Å². The third-order valence-corrected chi connectivity index (χ3v) is 1.73. The Bertz CT molecular complexity index is 109. The molecule has 11 heavy (non-hydrogen) atoms. The lowest BCUT2D eigenvalue weighted by molar-refractivity contribution is 0.416. The molecule has 3 heteroatoms. The van der Waals surface area contributed by atoms with Crippen LogP contribution < -0.4 is 0 Å². The number of unbranched alkanes of at least 4 members (excludes halogenated alkanes) is 4. The Kier molecular flexibility index (Phi) is 8.01. The van der Waals surface area contributed by atoms with E-state index in [1.165, 1.54) is 0 Å². The van der Waals surface area contributed by atoms with Crippen molar-refractivity contribution in [2.24, 2.45) is 0 Å². The zero-order chi connectivity index (χ0) is 8.53. The molecular formula is C8H14F2S. The highest BCUT2D eigenvalue weighted by Gasteiger charge is 1.89. The van der Waals surface area contributed by atoms with Gasteiger partial charge >= 0.3 is 0 Å². The maximum absolute atomic E-state index is 11.5. The van der Waals surface area contributed by atoms with Crippen molar-refractivity contribution in [1.82, 2.24) is 0 Å². The van der Waals surface area contributed by atoms with Crippen molar-refractivity contribution in [2.45, 2.75) is 32.1 Å². The van der Waals surface area contributed by atoms with E-state index in [2.05, 4.69) is 12.6 Å². The minimum Gasteiger partial charge on any atom is -0.179 e. The Labute approximate surface area is 72.1 Å². The van der Waals surface area contributed by atoms with Gasteiger partial charge in [0, 0.05) is 0 Å². The van der Waals surface area contributed by atoms with Gasteiger partial charge in [-0.05, 0) is 31.1 Å². The number of rotatable bonds is 6. The predicted octanol–water partition coefficient (Wildman–Crippen LogP) is 3.65. The summed E-state index contributed by atoms with van der Waals surface area (Å²) in [6, 6.07) is 0. The van der Waals surface area contributed by atoms with E-state index in [0.717, 1.165) is 37.5 Å². The molecule has 0 aromatic rings. The molecule has 0 radical (unpaired) electrons. The summed E-state index contributed by atoms with van der Waals surface area (Å²) in [6.45, 7) is 0. The summed E-state index contributed by atoms with van der Waals surface area (Å²) >= 11 is 4.05. The molecule has 0 saturated carbocycles. The monoisotopic (exact) mass is 180 g/mol. The second-order valence-electron chi connectivity index (χ2n) is 2.42. The molecule has 66 valence electrons. The van der Waals surface area contributed by atoms with Crippen molar-refractivity contribution in [3.8, 4) is 0 Å². The average molecular weight is 180 g/mol. The van der Waals surface area contributed by atoms with Crippen molar-refractivity contribution >= 4 is 12.6 Å². The van der Waals surface area contributed by atoms with E-state index in [0.29, 0.717) is 6.42 Å². The van der Waals surface area contributed by atoms with Gasteiger partial charge in [0.05, 0.1) is 0 Å². The Morgan fingerprint density at radius 2 is 1.73 bits per heavy atom. The molecule has 0 heterocycles. The third-order valence-electron chi connectivity index (χ3n) is 1.41. The number of hydrogen-bond donors (Lipinski definition) is 1. The second-order valence-corrected chi connectivity index (χ2v) is 2.87. The number of hydrogen-bond acceptors (Lipinski definition) is 1. The Hall–Kier alpha value is -0.0500. The average Bonchev–Trinajstić information content (AvgIpc) is 1.96. The molecule has 0 aromatic carbocycles. The molecular weight excluding hydrogens is 166 g/mol. The van der Waals surface area contributed by atoms with Crippen molar-refractivity contribution in [3.63, 3.8) is 0 Å². The smallest absolute Gasteiger partial charge is 0.179 e. The highest BCUT2D eigenvalue weighted by Crippen LogP contribution is 2.07. The van der Waals surface area contributed by atoms with E-state index in [-0.39, 0.29) is 0 Å². The molecule has 0 aliphatic heterocycles. The molecule has 0 bridgehead atoms. The summed E-state index contributed by atoms with van der Waals surface area (Å²) in [5.74, 6) is 0.896. The fraction of sp³-hybridized carbons (Fsp3) is 0.750. The van der Waals surface area contributed by atoms with Gasteiger partial charge in [-0.3, -0.25) is 0 Å². The van der Waals surface area contributed by atoms with Crippen LogP contribution in [-0.4, -0.2) is 5.75 Å². The molecule has 0 aliphatic carbocycles. The summed E-state index contributed by atoms with van der Waals surface area (Å²) in [6.07, 6.45) is 4.03. The predicted molar refractivity (Wildman–Crippen MR) is 47.2 cm³/mol. The first-order chi connectivity index (χ1) is 5.27. The number of halogens is 2. The van der Waals surface area contributed by atoms with Gasteiger partial charge in [0.15, 0.2) is 0 Å². The van der Waals surface area contributed by atoms with Crippen LogP contribution in [0.25, 0.3) is 0 Å². The van der Waals surface area contributed by atoms with Crippen molar-refractivity contribution in [1.29, 1.82) is 0 Å². The van der Waals surface area contributed by atoms with Crippen LogP contribution >= 0.6 is 12.6 Å². The highest BCUT2D eigenvalue weighted by molar-refractivity contribution is 7.80. The van der Waals surface area contributed by atoms with E-state index in [1.807, 2.05) is 0 Å². The van der Waals surface area contributed by atoms with Crippen LogP contribution in [0, 0.1) is 0 Å². The molecule has 0 nitrogen and oxygen atoms in total. The van der Waals surface area contributed by atoms with Crippen molar-refractivity contribution in [2.75, 3.05) is 5.75 Å². The molecule has 0 atom stereocenters. The summed E-state index contributed by atoms with van der Waals surface area (Å²) in [5, 5.41) is 0. The van der Waals surface area contributed by atoms with Gasteiger partial charge in [0.25, 0.3) is 6.08 Å². The van der Waals surface area contributed by atoms with Crippen LogP contribution in [0.3, 0.4) is 0 Å². The first-order valence-electron chi connectivity index (χ1n) is 3.89. The number of allylic oxidation sites excluding steroid dienone is 1. The lowest BCUT2D eigenvalue weighted by atomic mass is 10.1. The molecule has 0 fully saturated rings. The molecule has 0 aliphatic rings. The largest absolute Gasteiger partial charge is 0.266 e. The Morgan fingerprint density at radius 3 is 2.27 bits per heavy atom. The maximum Gasteiger partial charge on any atom is 0.266 e. The Morgan fingerprint density at radius 1 is 1.09 bits per heavy atom. The van der Waals surface area contributed by atoms with E-state index in [9.17, 15) is 8.78 Å². The van der Waals surface area contributed by atoms with E-state index >= 15 is 0 Å². The fourth-order valence-corrected chi connectivity index (χ4v) is 1.04. The molecule has 0 spiro atoms. The zero-order valence-corrected chi connectivity index (χ0v) is 7.42. The normalized spacial score (nSPS) is 9.73.